The lowest BCUT2D eigenvalue weighted by atomic mass is 9.70. The summed E-state index contributed by atoms with van der Waals surface area (Å²) in [6.45, 7) is 2.57. The van der Waals surface area contributed by atoms with E-state index in [9.17, 15) is 4.79 Å². The molecule has 1 aromatic carbocycles. The number of para-hydroxylation sites is 1. The fourth-order valence-electron chi connectivity index (χ4n) is 2.78. The van der Waals surface area contributed by atoms with E-state index in [0.717, 1.165) is 25.7 Å². The SMILES string of the molecule is CC1CCC(CN)(C(=O)Nc2ccccc2C#N)CC1. The fourth-order valence-corrected chi connectivity index (χ4v) is 2.78. The number of nitriles is 1. The van der Waals surface area contributed by atoms with Crippen molar-refractivity contribution in [2.75, 3.05) is 11.9 Å². The molecule has 0 radical (unpaired) electrons. The molecule has 0 heterocycles. The highest BCUT2D eigenvalue weighted by molar-refractivity contribution is 5.96. The Balaban J connectivity index is 2.16. The van der Waals surface area contributed by atoms with Gasteiger partial charge in [0.1, 0.15) is 6.07 Å². The van der Waals surface area contributed by atoms with Gasteiger partial charge in [-0.1, -0.05) is 19.1 Å². The first kappa shape index (κ1) is 14.5. The molecule has 1 amide bonds. The van der Waals surface area contributed by atoms with Crippen LogP contribution in [-0.4, -0.2) is 12.5 Å². The van der Waals surface area contributed by atoms with Crippen LogP contribution < -0.4 is 11.1 Å². The molecule has 1 aliphatic carbocycles. The van der Waals surface area contributed by atoms with Crippen molar-refractivity contribution in [1.29, 1.82) is 5.26 Å². The maximum atomic E-state index is 12.6. The van der Waals surface area contributed by atoms with Crippen LogP contribution in [0.2, 0.25) is 0 Å². The Morgan fingerprint density at radius 1 is 1.45 bits per heavy atom. The second-order valence-electron chi connectivity index (χ2n) is 5.78. The van der Waals surface area contributed by atoms with Gasteiger partial charge in [0.2, 0.25) is 5.91 Å². The van der Waals surface area contributed by atoms with Gasteiger partial charge in [-0.3, -0.25) is 4.79 Å². The van der Waals surface area contributed by atoms with E-state index in [2.05, 4.69) is 18.3 Å². The lowest BCUT2D eigenvalue weighted by Crippen LogP contribution is -2.44. The second kappa shape index (κ2) is 6.06. The van der Waals surface area contributed by atoms with Gasteiger partial charge in [0, 0.05) is 6.54 Å². The molecule has 0 bridgehead atoms. The third kappa shape index (κ3) is 2.83. The first-order chi connectivity index (χ1) is 9.61. The third-order valence-electron chi connectivity index (χ3n) is 4.40. The molecule has 1 aromatic rings. The van der Waals surface area contributed by atoms with Crippen LogP contribution in [0, 0.1) is 22.7 Å². The van der Waals surface area contributed by atoms with Crippen molar-refractivity contribution >= 4 is 11.6 Å². The highest BCUT2D eigenvalue weighted by Gasteiger charge is 2.39. The van der Waals surface area contributed by atoms with Crippen molar-refractivity contribution in [1.82, 2.24) is 0 Å². The monoisotopic (exact) mass is 271 g/mol. The molecule has 0 spiro atoms. The molecule has 0 aromatic heterocycles. The van der Waals surface area contributed by atoms with Crippen LogP contribution in [0.25, 0.3) is 0 Å². The van der Waals surface area contributed by atoms with Crippen LogP contribution in [0.1, 0.15) is 38.2 Å². The summed E-state index contributed by atoms with van der Waals surface area (Å²) < 4.78 is 0. The van der Waals surface area contributed by atoms with Gasteiger partial charge in [0.25, 0.3) is 0 Å². The molecule has 106 valence electrons. The van der Waals surface area contributed by atoms with Gasteiger partial charge in [-0.25, -0.2) is 0 Å². The Hall–Kier alpha value is -1.86. The van der Waals surface area contributed by atoms with E-state index in [1.165, 1.54) is 0 Å². The van der Waals surface area contributed by atoms with Crippen molar-refractivity contribution < 1.29 is 4.79 Å². The predicted octanol–water partition coefficient (Wildman–Crippen LogP) is 2.65. The van der Waals surface area contributed by atoms with Crippen molar-refractivity contribution in [3.8, 4) is 6.07 Å². The number of nitrogens with two attached hydrogens (primary N) is 1. The number of hydrogen-bond acceptors (Lipinski definition) is 3. The highest BCUT2D eigenvalue weighted by atomic mass is 16.2. The first-order valence-electron chi connectivity index (χ1n) is 7.12. The van der Waals surface area contributed by atoms with Crippen LogP contribution >= 0.6 is 0 Å². The molecule has 4 nitrogen and oxygen atoms in total. The molecule has 2 rings (SSSR count). The quantitative estimate of drug-likeness (QED) is 0.887. The number of anilines is 1. The molecule has 4 heteroatoms. The molecule has 0 aliphatic heterocycles. The summed E-state index contributed by atoms with van der Waals surface area (Å²) in [7, 11) is 0. The van der Waals surface area contributed by atoms with Gasteiger partial charge >= 0.3 is 0 Å². The number of hydrogen-bond donors (Lipinski definition) is 2. The number of nitrogens with zero attached hydrogens (tertiary/aromatic N) is 1. The zero-order valence-corrected chi connectivity index (χ0v) is 11.9. The maximum absolute atomic E-state index is 12.6. The van der Waals surface area contributed by atoms with Gasteiger partial charge in [0.05, 0.1) is 16.7 Å². The molecule has 20 heavy (non-hydrogen) atoms. The van der Waals surface area contributed by atoms with Gasteiger partial charge in [0.15, 0.2) is 0 Å². The first-order valence-corrected chi connectivity index (χ1v) is 7.12. The van der Waals surface area contributed by atoms with Crippen LogP contribution in [0.15, 0.2) is 24.3 Å². The molecule has 1 fully saturated rings. The Morgan fingerprint density at radius 3 is 2.70 bits per heavy atom. The van der Waals surface area contributed by atoms with Crippen LogP contribution in [0.3, 0.4) is 0 Å². The zero-order chi connectivity index (χ0) is 14.6. The number of rotatable bonds is 3. The third-order valence-corrected chi connectivity index (χ3v) is 4.40. The zero-order valence-electron chi connectivity index (χ0n) is 11.9. The predicted molar refractivity (Wildman–Crippen MR) is 78.9 cm³/mol. The summed E-state index contributed by atoms with van der Waals surface area (Å²) in [6.07, 6.45) is 3.71. The summed E-state index contributed by atoms with van der Waals surface area (Å²) in [5, 5.41) is 12.0. The summed E-state index contributed by atoms with van der Waals surface area (Å²) in [4.78, 5) is 12.6. The van der Waals surface area contributed by atoms with Crippen LogP contribution in [0.4, 0.5) is 5.69 Å². The van der Waals surface area contributed by atoms with Crippen LogP contribution in [-0.2, 0) is 4.79 Å². The average Bonchev–Trinajstić information content (AvgIpc) is 2.49. The van der Waals surface area contributed by atoms with Crippen molar-refractivity contribution in [3.05, 3.63) is 29.8 Å². The van der Waals surface area contributed by atoms with E-state index in [1.807, 2.05) is 6.07 Å². The highest BCUT2D eigenvalue weighted by Crippen LogP contribution is 2.39. The number of carbonyl (C=O) groups excluding carboxylic acids is 1. The van der Waals surface area contributed by atoms with E-state index in [4.69, 9.17) is 11.0 Å². The standard InChI is InChI=1S/C16H21N3O/c1-12-6-8-16(11-18,9-7-12)15(20)19-14-5-3-2-4-13(14)10-17/h2-5,12H,6-9,11,18H2,1H3,(H,19,20). The van der Waals surface area contributed by atoms with E-state index < -0.39 is 5.41 Å². The summed E-state index contributed by atoms with van der Waals surface area (Å²) in [6, 6.07) is 9.15. The molecular weight excluding hydrogens is 250 g/mol. The molecular formula is C16H21N3O. The summed E-state index contributed by atoms with van der Waals surface area (Å²) in [5.74, 6) is 0.614. The minimum absolute atomic E-state index is 0.0467. The molecule has 0 saturated heterocycles. The number of nitrogens with one attached hydrogen (secondary N) is 1. The minimum Gasteiger partial charge on any atom is -0.329 e. The largest absolute Gasteiger partial charge is 0.329 e. The van der Waals surface area contributed by atoms with Crippen molar-refractivity contribution in [2.45, 2.75) is 32.6 Å². The molecule has 1 saturated carbocycles. The second-order valence-corrected chi connectivity index (χ2v) is 5.78. The fraction of sp³-hybridized carbons (Fsp3) is 0.500. The van der Waals surface area contributed by atoms with Gasteiger partial charge < -0.3 is 11.1 Å². The number of amides is 1. The van der Waals surface area contributed by atoms with E-state index >= 15 is 0 Å². The summed E-state index contributed by atoms with van der Waals surface area (Å²) >= 11 is 0. The Labute approximate surface area is 120 Å². The Kier molecular flexibility index (Phi) is 4.41. The number of benzene rings is 1. The molecule has 1 aliphatic rings. The normalized spacial score (nSPS) is 25.8. The van der Waals surface area contributed by atoms with Crippen LogP contribution in [0.5, 0.6) is 0 Å². The van der Waals surface area contributed by atoms with E-state index in [0.29, 0.717) is 23.7 Å². The van der Waals surface area contributed by atoms with E-state index in [-0.39, 0.29) is 5.91 Å². The number of carbonyl (C=O) groups is 1. The van der Waals surface area contributed by atoms with Gasteiger partial charge in [-0.2, -0.15) is 5.26 Å². The lowest BCUT2D eigenvalue weighted by Gasteiger charge is -2.37. The van der Waals surface area contributed by atoms with E-state index in [1.54, 1.807) is 18.2 Å². The van der Waals surface area contributed by atoms with Crippen molar-refractivity contribution in [2.24, 2.45) is 17.1 Å². The molecule has 0 atom stereocenters. The average molecular weight is 271 g/mol. The molecule has 0 unspecified atom stereocenters. The Morgan fingerprint density at radius 2 is 2.10 bits per heavy atom. The molecule has 3 N–H and O–H groups in total. The maximum Gasteiger partial charge on any atom is 0.231 e. The van der Waals surface area contributed by atoms with Crippen molar-refractivity contribution in [3.63, 3.8) is 0 Å². The smallest absolute Gasteiger partial charge is 0.231 e. The van der Waals surface area contributed by atoms with Gasteiger partial charge in [-0.15, -0.1) is 0 Å². The van der Waals surface area contributed by atoms with Gasteiger partial charge in [-0.05, 0) is 43.7 Å². The topological polar surface area (TPSA) is 78.9 Å². The minimum atomic E-state index is -0.477. The Bertz CT molecular complexity index is 525. The lowest BCUT2D eigenvalue weighted by molar-refractivity contribution is -0.127. The summed E-state index contributed by atoms with van der Waals surface area (Å²) in [5.41, 5.74) is 6.46.